The second-order valence-corrected chi connectivity index (χ2v) is 5.94. The Labute approximate surface area is 119 Å². The third-order valence-electron chi connectivity index (χ3n) is 4.67. The van der Waals surface area contributed by atoms with Gasteiger partial charge in [-0.2, -0.15) is 0 Å². The van der Waals surface area contributed by atoms with Crippen molar-refractivity contribution in [3.8, 4) is 0 Å². The number of rotatable bonds is 3. The smallest absolute Gasteiger partial charge is 0.128 e. The van der Waals surface area contributed by atoms with Gasteiger partial charge in [0.25, 0.3) is 0 Å². The monoisotopic (exact) mass is 280 g/mol. The minimum atomic E-state index is -0.334. The van der Waals surface area contributed by atoms with E-state index in [1.165, 1.54) is 31.0 Å². The van der Waals surface area contributed by atoms with Gasteiger partial charge in [-0.25, -0.2) is 8.78 Å². The molecule has 1 aromatic carbocycles. The van der Waals surface area contributed by atoms with Gasteiger partial charge in [-0.05, 0) is 37.0 Å². The third kappa shape index (κ3) is 2.86. The highest BCUT2D eigenvalue weighted by Crippen LogP contribution is 2.40. The van der Waals surface area contributed by atoms with Gasteiger partial charge in [0.05, 0.1) is 0 Å². The predicted molar refractivity (Wildman–Crippen MR) is 75.5 cm³/mol. The van der Waals surface area contributed by atoms with E-state index >= 15 is 0 Å². The van der Waals surface area contributed by atoms with Crippen LogP contribution in [0.25, 0.3) is 0 Å². The molecule has 0 bridgehead atoms. The van der Waals surface area contributed by atoms with E-state index in [9.17, 15) is 8.78 Å². The molecular weight excluding hydrogens is 258 g/mol. The predicted octanol–water partition coefficient (Wildman–Crippen LogP) is 3.10. The number of hydrogen-bond acceptors (Lipinski definition) is 2. The first-order chi connectivity index (χ1) is 9.75. The van der Waals surface area contributed by atoms with E-state index < -0.39 is 0 Å². The number of nitrogens with one attached hydrogen (secondary N) is 1. The number of benzene rings is 1. The van der Waals surface area contributed by atoms with E-state index in [1.807, 2.05) is 0 Å². The highest BCUT2D eigenvalue weighted by Gasteiger charge is 2.33. The summed E-state index contributed by atoms with van der Waals surface area (Å²) in [5.41, 5.74) is 0.554. The molecule has 1 aliphatic carbocycles. The van der Waals surface area contributed by atoms with E-state index in [0.29, 0.717) is 11.5 Å². The molecule has 0 radical (unpaired) electrons. The molecule has 0 unspecified atom stereocenters. The van der Waals surface area contributed by atoms with Gasteiger partial charge < -0.3 is 5.32 Å². The van der Waals surface area contributed by atoms with E-state index in [0.717, 1.165) is 39.0 Å². The van der Waals surface area contributed by atoms with E-state index in [1.54, 1.807) is 0 Å². The highest BCUT2D eigenvalue weighted by molar-refractivity contribution is 5.24. The Bertz CT molecular complexity index is 452. The second kappa shape index (κ2) is 6.19. The summed E-state index contributed by atoms with van der Waals surface area (Å²) in [7, 11) is 0. The summed E-state index contributed by atoms with van der Waals surface area (Å²) in [5.74, 6) is -0.134. The van der Waals surface area contributed by atoms with Crippen LogP contribution in [0.3, 0.4) is 0 Å². The van der Waals surface area contributed by atoms with Crippen molar-refractivity contribution in [2.24, 2.45) is 5.92 Å². The topological polar surface area (TPSA) is 15.3 Å². The first-order valence-electron chi connectivity index (χ1n) is 7.65. The lowest BCUT2D eigenvalue weighted by Crippen LogP contribution is -2.47. The molecule has 0 aromatic heterocycles. The van der Waals surface area contributed by atoms with Crippen molar-refractivity contribution in [3.05, 3.63) is 35.4 Å². The average Bonchev–Trinajstić information content (AvgIpc) is 2.98. The molecule has 1 atom stereocenters. The fourth-order valence-electron chi connectivity index (χ4n) is 3.72. The molecule has 20 heavy (non-hydrogen) atoms. The number of piperazine rings is 1. The molecule has 3 rings (SSSR count). The zero-order valence-electron chi connectivity index (χ0n) is 11.7. The standard InChI is InChI=1S/C16H22F2N2/c17-13-5-6-15(18)14(11-13)16(12-3-1-2-4-12)20-9-7-19-8-10-20/h5-6,11-12,16,19H,1-4,7-10H2/t16-/m0/s1. The van der Waals surface area contributed by atoms with Crippen LogP contribution < -0.4 is 5.32 Å². The van der Waals surface area contributed by atoms with Crippen molar-refractivity contribution >= 4 is 0 Å². The van der Waals surface area contributed by atoms with Gasteiger partial charge in [0.2, 0.25) is 0 Å². The van der Waals surface area contributed by atoms with Crippen molar-refractivity contribution in [2.45, 2.75) is 31.7 Å². The van der Waals surface area contributed by atoms with Crippen LogP contribution in [-0.4, -0.2) is 31.1 Å². The molecule has 2 nitrogen and oxygen atoms in total. The number of halogens is 2. The molecule has 1 N–H and O–H groups in total. The van der Waals surface area contributed by atoms with Crippen LogP contribution in [0.2, 0.25) is 0 Å². The quantitative estimate of drug-likeness (QED) is 0.915. The lowest BCUT2D eigenvalue weighted by Gasteiger charge is -2.38. The maximum absolute atomic E-state index is 14.2. The van der Waals surface area contributed by atoms with Crippen LogP contribution in [0.15, 0.2) is 18.2 Å². The van der Waals surface area contributed by atoms with Crippen LogP contribution in [0.1, 0.15) is 37.3 Å². The average molecular weight is 280 g/mol. The molecule has 4 heteroatoms. The summed E-state index contributed by atoms with van der Waals surface area (Å²) in [4.78, 5) is 2.34. The largest absolute Gasteiger partial charge is 0.314 e. The van der Waals surface area contributed by atoms with Crippen molar-refractivity contribution in [1.29, 1.82) is 0 Å². The normalized spacial score (nSPS) is 23.1. The zero-order valence-corrected chi connectivity index (χ0v) is 11.7. The SMILES string of the molecule is Fc1ccc(F)c([C@H](C2CCCC2)N2CCNCC2)c1. The molecule has 1 saturated heterocycles. The van der Waals surface area contributed by atoms with Gasteiger partial charge in [0.1, 0.15) is 11.6 Å². The maximum Gasteiger partial charge on any atom is 0.128 e. The molecule has 1 heterocycles. The minimum Gasteiger partial charge on any atom is -0.314 e. The molecule has 1 saturated carbocycles. The van der Waals surface area contributed by atoms with Gasteiger partial charge in [-0.3, -0.25) is 4.90 Å². The van der Waals surface area contributed by atoms with E-state index in [2.05, 4.69) is 10.2 Å². The van der Waals surface area contributed by atoms with E-state index in [-0.39, 0.29) is 17.7 Å². The summed E-state index contributed by atoms with van der Waals surface area (Å²) in [6, 6.07) is 3.92. The van der Waals surface area contributed by atoms with Crippen molar-refractivity contribution in [1.82, 2.24) is 10.2 Å². The number of hydrogen-bond donors (Lipinski definition) is 1. The molecule has 1 aromatic rings. The lowest BCUT2D eigenvalue weighted by atomic mass is 9.89. The third-order valence-corrected chi connectivity index (χ3v) is 4.67. The summed E-state index contributed by atoms with van der Waals surface area (Å²) >= 11 is 0. The summed E-state index contributed by atoms with van der Waals surface area (Å²) in [6.07, 6.45) is 4.68. The van der Waals surface area contributed by atoms with Gasteiger partial charge >= 0.3 is 0 Å². The molecule has 1 aliphatic heterocycles. The Morgan fingerprint density at radius 2 is 1.80 bits per heavy atom. The Hall–Kier alpha value is -1.00. The highest BCUT2D eigenvalue weighted by atomic mass is 19.1. The van der Waals surface area contributed by atoms with E-state index in [4.69, 9.17) is 0 Å². The molecule has 0 spiro atoms. The van der Waals surface area contributed by atoms with Crippen LogP contribution in [0.5, 0.6) is 0 Å². The molecule has 2 fully saturated rings. The van der Waals surface area contributed by atoms with Gasteiger partial charge in [-0.15, -0.1) is 0 Å². The van der Waals surface area contributed by atoms with Gasteiger partial charge in [0.15, 0.2) is 0 Å². The first kappa shape index (κ1) is 14.0. The summed E-state index contributed by atoms with van der Waals surface area (Å²) < 4.78 is 27.8. The lowest BCUT2D eigenvalue weighted by molar-refractivity contribution is 0.122. The zero-order chi connectivity index (χ0) is 13.9. The Balaban J connectivity index is 1.92. The van der Waals surface area contributed by atoms with Crippen LogP contribution in [-0.2, 0) is 0 Å². The Morgan fingerprint density at radius 3 is 2.50 bits per heavy atom. The maximum atomic E-state index is 14.2. The van der Waals surface area contributed by atoms with Crippen LogP contribution >= 0.6 is 0 Å². The minimum absolute atomic E-state index is 0.0373. The van der Waals surface area contributed by atoms with Gasteiger partial charge in [-0.1, -0.05) is 12.8 Å². The molecular formula is C16H22F2N2. The second-order valence-electron chi connectivity index (χ2n) is 5.94. The van der Waals surface area contributed by atoms with Crippen molar-refractivity contribution in [2.75, 3.05) is 26.2 Å². The summed E-state index contributed by atoms with van der Waals surface area (Å²) in [6.45, 7) is 3.69. The van der Waals surface area contributed by atoms with Crippen molar-refractivity contribution < 1.29 is 8.78 Å². The Morgan fingerprint density at radius 1 is 1.10 bits per heavy atom. The first-order valence-corrected chi connectivity index (χ1v) is 7.65. The number of nitrogens with zero attached hydrogens (tertiary/aromatic N) is 1. The fourth-order valence-corrected chi connectivity index (χ4v) is 3.72. The Kier molecular flexibility index (Phi) is 4.32. The fraction of sp³-hybridized carbons (Fsp3) is 0.625. The molecule has 0 amide bonds. The van der Waals surface area contributed by atoms with Gasteiger partial charge in [0, 0.05) is 37.8 Å². The van der Waals surface area contributed by atoms with Crippen LogP contribution in [0, 0.1) is 17.6 Å². The van der Waals surface area contributed by atoms with Crippen LogP contribution in [0.4, 0.5) is 8.78 Å². The molecule has 110 valence electrons. The summed E-state index contributed by atoms with van der Waals surface area (Å²) in [5, 5.41) is 3.33. The molecule has 2 aliphatic rings. The van der Waals surface area contributed by atoms with Crippen molar-refractivity contribution in [3.63, 3.8) is 0 Å².